The molecule has 1 N–H and O–H groups in total. The predicted octanol–water partition coefficient (Wildman–Crippen LogP) is 2.31. The van der Waals surface area contributed by atoms with Crippen LogP contribution in [0.15, 0.2) is 24.3 Å². The molecule has 1 aliphatic heterocycles. The van der Waals surface area contributed by atoms with Gasteiger partial charge in [0.25, 0.3) is 0 Å². The van der Waals surface area contributed by atoms with Crippen molar-refractivity contribution >= 4 is 9.84 Å². The zero-order valence-electron chi connectivity index (χ0n) is 11.8. The number of hydrogen-bond acceptors (Lipinski definition) is 3. The number of sulfone groups is 1. The molecule has 1 fully saturated rings. The molecule has 1 heterocycles. The van der Waals surface area contributed by atoms with Crippen molar-refractivity contribution in [2.24, 2.45) is 0 Å². The standard InChI is InChI=1S/C15H22FNO2S/c1-2-17-14(11-12-6-5-7-13(16)10-12)15-8-3-4-9-20(15,18)19/h5-7,10,14-15,17H,2-4,8-9,11H2,1H3. The van der Waals surface area contributed by atoms with Crippen LogP contribution in [0.1, 0.15) is 31.7 Å². The molecular formula is C15H22FNO2S. The molecule has 0 saturated carbocycles. The number of rotatable bonds is 5. The third-order valence-corrected chi connectivity index (χ3v) is 6.23. The van der Waals surface area contributed by atoms with E-state index in [0.29, 0.717) is 19.4 Å². The molecule has 1 saturated heterocycles. The van der Waals surface area contributed by atoms with Gasteiger partial charge >= 0.3 is 0 Å². The van der Waals surface area contributed by atoms with E-state index in [2.05, 4.69) is 5.32 Å². The summed E-state index contributed by atoms with van der Waals surface area (Å²) in [6.45, 7) is 2.68. The molecule has 3 nitrogen and oxygen atoms in total. The maximum atomic E-state index is 13.3. The molecule has 112 valence electrons. The van der Waals surface area contributed by atoms with E-state index in [4.69, 9.17) is 0 Å². The van der Waals surface area contributed by atoms with Crippen molar-refractivity contribution in [3.05, 3.63) is 35.6 Å². The van der Waals surface area contributed by atoms with Crippen molar-refractivity contribution in [1.29, 1.82) is 0 Å². The topological polar surface area (TPSA) is 46.2 Å². The van der Waals surface area contributed by atoms with Crippen LogP contribution in [0.25, 0.3) is 0 Å². The van der Waals surface area contributed by atoms with Gasteiger partial charge in [-0.25, -0.2) is 12.8 Å². The zero-order chi connectivity index (χ0) is 14.6. The third-order valence-electron chi connectivity index (χ3n) is 3.89. The molecule has 0 aromatic heterocycles. The van der Waals surface area contributed by atoms with Crippen LogP contribution in [0.4, 0.5) is 4.39 Å². The molecule has 1 aromatic rings. The lowest BCUT2D eigenvalue weighted by Crippen LogP contribution is -2.47. The maximum absolute atomic E-state index is 13.3. The van der Waals surface area contributed by atoms with Crippen LogP contribution in [0.5, 0.6) is 0 Å². The van der Waals surface area contributed by atoms with Crippen molar-refractivity contribution in [2.45, 2.75) is 43.9 Å². The molecule has 2 unspecified atom stereocenters. The Morgan fingerprint density at radius 3 is 2.85 bits per heavy atom. The maximum Gasteiger partial charge on any atom is 0.154 e. The Kier molecular flexibility index (Phi) is 5.16. The van der Waals surface area contributed by atoms with Gasteiger partial charge in [0.1, 0.15) is 5.82 Å². The van der Waals surface area contributed by atoms with Crippen molar-refractivity contribution in [1.82, 2.24) is 5.32 Å². The summed E-state index contributed by atoms with van der Waals surface area (Å²) in [7, 11) is -3.03. The van der Waals surface area contributed by atoms with Gasteiger partial charge in [-0.3, -0.25) is 0 Å². The summed E-state index contributed by atoms with van der Waals surface area (Å²) in [5.41, 5.74) is 0.844. The van der Waals surface area contributed by atoms with E-state index in [9.17, 15) is 12.8 Å². The van der Waals surface area contributed by atoms with Crippen LogP contribution in [0.2, 0.25) is 0 Å². The van der Waals surface area contributed by atoms with Gasteiger partial charge in [-0.05, 0) is 43.5 Å². The minimum Gasteiger partial charge on any atom is -0.313 e. The fraction of sp³-hybridized carbons (Fsp3) is 0.600. The summed E-state index contributed by atoms with van der Waals surface area (Å²) >= 11 is 0. The Balaban J connectivity index is 2.18. The average Bonchev–Trinajstić information content (AvgIpc) is 2.38. The van der Waals surface area contributed by atoms with Crippen LogP contribution >= 0.6 is 0 Å². The van der Waals surface area contributed by atoms with E-state index in [0.717, 1.165) is 18.4 Å². The Morgan fingerprint density at radius 1 is 1.40 bits per heavy atom. The first-order valence-corrected chi connectivity index (χ1v) is 8.94. The van der Waals surface area contributed by atoms with Gasteiger partial charge in [-0.2, -0.15) is 0 Å². The molecule has 2 rings (SSSR count). The number of nitrogens with one attached hydrogen (secondary N) is 1. The van der Waals surface area contributed by atoms with Crippen molar-refractivity contribution < 1.29 is 12.8 Å². The highest BCUT2D eigenvalue weighted by Gasteiger charge is 2.35. The van der Waals surface area contributed by atoms with Crippen LogP contribution in [-0.4, -0.2) is 32.0 Å². The Morgan fingerprint density at radius 2 is 2.20 bits per heavy atom. The van der Waals surface area contributed by atoms with Crippen molar-refractivity contribution in [2.75, 3.05) is 12.3 Å². The van der Waals surface area contributed by atoms with Gasteiger partial charge < -0.3 is 5.32 Å². The Bertz CT molecular complexity index is 545. The predicted molar refractivity (Wildman–Crippen MR) is 79.0 cm³/mol. The van der Waals surface area contributed by atoms with Gasteiger partial charge in [0.2, 0.25) is 0 Å². The van der Waals surface area contributed by atoms with Crippen LogP contribution in [-0.2, 0) is 16.3 Å². The second kappa shape index (κ2) is 6.68. The largest absolute Gasteiger partial charge is 0.313 e. The second-order valence-electron chi connectivity index (χ2n) is 5.40. The van der Waals surface area contributed by atoms with Crippen LogP contribution in [0.3, 0.4) is 0 Å². The lowest BCUT2D eigenvalue weighted by molar-refractivity contribution is 0.440. The summed E-state index contributed by atoms with van der Waals surface area (Å²) in [5, 5.41) is 2.93. The third kappa shape index (κ3) is 3.79. The number of hydrogen-bond donors (Lipinski definition) is 1. The van der Waals surface area contributed by atoms with Crippen molar-refractivity contribution in [3.63, 3.8) is 0 Å². The van der Waals surface area contributed by atoms with Gasteiger partial charge in [-0.15, -0.1) is 0 Å². The van der Waals surface area contributed by atoms with Gasteiger partial charge in [0, 0.05) is 6.04 Å². The van der Waals surface area contributed by atoms with E-state index in [1.54, 1.807) is 6.07 Å². The quantitative estimate of drug-likeness (QED) is 0.907. The minimum atomic E-state index is -3.03. The minimum absolute atomic E-state index is 0.132. The number of likely N-dealkylation sites (N-methyl/N-ethyl adjacent to an activating group) is 1. The molecule has 1 aliphatic rings. The molecule has 0 aliphatic carbocycles. The van der Waals surface area contributed by atoms with E-state index >= 15 is 0 Å². The first-order valence-electron chi connectivity index (χ1n) is 7.22. The molecular weight excluding hydrogens is 277 g/mol. The van der Waals surface area contributed by atoms with Crippen molar-refractivity contribution in [3.8, 4) is 0 Å². The first-order chi connectivity index (χ1) is 9.53. The summed E-state index contributed by atoms with van der Waals surface area (Å²) < 4.78 is 37.7. The highest BCUT2D eigenvalue weighted by Crippen LogP contribution is 2.24. The van der Waals surface area contributed by atoms with Crippen LogP contribution in [0, 0.1) is 5.82 Å². The average molecular weight is 299 g/mol. The molecule has 0 radical (unpaired) electrons. The monoisotopic (exact) mass is 299 g/mol. The molecule has 0 bridgehead atoms. The Hall–Kier alpha value is -0.940. The van der Waals surface area contributed by atoms with Gasteiger partial charge in [0.05, 0.1) is 11.0 Å². The summed E-state index contributed by atoms with van der Waals surface area (Å²) in [5.74, 6) is 0.00663. The number of halogens is 1. The molecule has 1 aromatic carbocycles. The molecule has 5 heteroatoms. The highest BCUT2D eigenvalue weighted by molar-refractivity contribution is 7.92. The first kappa shape index (κ1) is 15.4. The summed E-state index contributed by atoms with van der Waals surface area (Å²) in [6, 6.07) is 6.28. The molecule has 20 heavy (non-hydrogen) atoms. The van der Waals surface area contributed by atoms with E-state index < -0.39 is 9.84 Å². The van der Waals surface area contributed by atoms with E-state index in [1.165, 1.54) is 12.1 Å². The summed E-state index contributed by atoms with van der Waals surface area (Å²) in [6.07, 6.45) is 2.97. The fourth-order valence-corrected chi connectivity index (χ4v) is 5.07. The number of benzene rings is 1. The summed E-state index contributed by atoms with van der Waals surface area (Å²) in [4.78, 5) is 0. The second-order valence-corrected chi connectivity index (χ2v) is 7.74. The van der Waals surface area contributed by atoms with Gasteiger partial charge in [0.15, 0.2) is 9.84 Å². The molecule has 2 atom stereocenters. The lowest BCUT2D eigenvalue weighted by Gasteiger charge is -2.30. The van der Waals surface area contributed by atoms with Crippen LogP contribution < -0.4 is 5.32 Å². The molecule has 0 spiro atoms. The normalized spacial score (nSPS) is 23.4. The van der Waals surface area contributed by atoms with Gasteiger partial charge in [-0.1, -0.05) is 25.5 Å². The Labute approximate surface area is 120 Å². The lowest BCUT2D eigenvalue weighted by atomic mass is 9.99. The smallest absolute Gasteiger partial charge is 0.154 e. The highest BCUT2D eigenvalue weighted by atomic mass is 32.2. The van der Waals surface area contributed by atoms with E-state index in [1.807, 2.05) is 13.0 Å². The fourth-order valence-electron chi connectivity index (χ4n) is 2.95. The molecule has 0 amide bonds. The SMILES string of the molecule is CCNC(Cc1cccc(F)c1)C1CCCCS1(=O)=O. The van der Waals surface area contributed by atoms with E-state index in [-0.39, 0.29) is 22.9 Å². The zero-order valence-corrected chi connectivity index (χ0v) is 12.6.